The minimum absolute atomic E-state index is 0.207. The predicted octanol–water partition coefficient (Wildman–Crippen LogP) is 3.62. The van der Waals surface area contributed by atoms with Crippen LogP contribution in [-0.2, 0) is 22.4 Å². The summed E-state index contributed by atoms with van der Waals surface area (Å²) in [6.45, 7) is 0. The third kappa shape index (κ3) is 2.48. The van der Waals surface area contributed by atoms with E-state index in [0.717, 1.165) is 12.0 Å². The molecule has 0 radical (unpaired) electrons. The van der Waals surface area contributed by atoms with Gasteiger partial charge in [-0.2, -0.15) is 0 Å². The van der Waals surface area contributed by atoms with E-state index in [4.69, 9.17) is 0 Å². The second-order valence-corrected chi connectivity index (χ2v) is 5.28. The number of benzene rings is 1. The maximum atomic E-state index is 11.1. The highest BCUT2D eigenvalue weighted by atomic mass is 16.5. The summed E-state index contributed by atoms with van der Waals surface area (Å²) in [5.41, 5.74) is 5.24. The third-order valence-electron chi connectivity index (χ3n) is 3.94. The SMILES string of the molecule is COC(=O)CC=Cc1ccc2[nH]c3c(c2c1)CCCC3. The van der Waals surface area contributed by atoms with Crippen molar-refractivity contribution in [2.75, 3.05) is 7.11 Å². The number of nitrogens with one attached hydrogen (secondary N) is 1. The largest absolute Gasteiger partial charge is 0.469 e. The fraction of sp³-hybridized carbons (Fsp3) is 0.353. The molecule has 0 amide bonds. The van der Waals surface area contributed by atoms with Crippen LogP contribution in [0.4, 0.5) is 0 Å². The van der Waals surface area contributed by atoms with Crippen molar-refractivity contribution in [3.8, 4) is 0 Å². The Hall–Kier alpha value is -2.03. The molecule has 0 saturated heterocycles. The van der Waals surface area contributed by atoms with Crippen LogP contribution < -0.4 is 0 Å². The lowest BCUT2D eigenvalue weighted by molar-refractivity contribution is -0.139. The zero-order chi connectivity index (χ0) is 13.9. The van der Waals surface area contributed by atoms with Crippen molar-refractivity contribution < 1.29 is 9.53 Å². The number of rotatable bonds is 3. The summed E-state index contributed by atoms with van der Waals surface area (Å²) in [5, 5.41) is 1.33. The van der Waals surface area contributed by atoms with E-state index in [0.29, 0.717) is 6.42 Å². The van der Waals surface area contributed by atoms with Gasteiger partial charge in [-0.15, -0.1) is 0 Å². The molecule has 1 N–H and O–H groups in total. The van der Waals surface area contributed by atoms with Gasteiger partial charge in [0.25, 0.3) is 0 Å². The molecule has 0 atom stereocenters. The van der Waals surface area contributed by atoms with Crippen molar-refractivity contribution in [3.63, 3.8) is 0 Å². The molecule has 3 nitrogen and oxygen atoms in total. The molecule has 0 spiro atoms. The van der Waals surface area contributed by atoms with Crippen LogP contribution in [0.25, 0.3) is 17.0 Å². The van der Waals surface area contributed by atoms with E-state index in [2.05, 4.69) is 27.9 Å². The number of ether oxygens (including phenoxy) is 1. The van der Waals surface area contributed by atoms with E-state index in [-0.39, 0.29) is 5.97 Å². The number of aromatic nitrogens is 1. The zero-order valence-corrected chi connectivity index (χ0v) is 11.7. The van der Waals surface area contributed by atoms with Crippen LogP contribution in [-0.4, -0.2) is 18.1 Å². The Morgan fingerprint density at radius 1 is 1.35 bits per heavy atom. The van der Waals surface area contributed by atoms with Gasteiger partial charge in [0.15, 0.2) is 0 Å². The maximum absolute atomic E-state index is 11.1. The van der Waals surface area contributed by atoms with Gasteiger partial charge in [-0.3, -0.25) is 4.79 Å². The molecular weight excluding hydrogens is 250 g/mol. The van der Waals surface area contributed by atoms with E-state index >= 15 is 0 Å². The first kappa shape index (κ1) is 13.0. The Kier molecular flexibility index (Phi) is 3.59. The smallest absolute Gasteiger partial charge is 0.309 e. The van der Waals surface area contributed by atoms with E-state index in [9.17, 15) is 4.79 Å². The fourth-order valence-electron chi connectivity index (χ4n) is 2.90. The number of methoxy groups -OCH3 is 1. The molecule has 1 aliphatic rings. The maximum Gasteiger partial charge on any atom is 0.309 e. The van der Waals surface area contributed by atoms with E-state index in [1.165, 1.54) is 48.5 Å². The highest BCUT2D eigenvalue weighted by molar-refractivity contribution is 5.87. The van der Waals surface area contributed by atoms with Crippen LogP contribution in [0.3, 0.4) is 0 Å². The second kappa shape index (κ2) is 5.53. The van der Waals surface area contributed by atoms with Crippen molar-refractivity contribution in [1.82, 2.24) is 4.98 Å². The molecule has 1 aromatic heterocycles. The first-order chi connectivity index (χ1) is 9.78. The summed E-state index contributed by atoms with van der Waals surface area (Å²) >= 11 is 0. The summed E-state index contributed by atoms with van der Waals surface area (Å²) in [7, 11) is 1.41. The quantitative estimate of drug-likeness (QED) is 0.865. The summed E-state index contributed by atoms with van der Waals surface area (Å²) in [6, 6.07) is 6.42. The van der Waals surface area contributed by atoms with E-state index in [1.54, 1.807) is 0 Å². The van der Waals surface area contributed by atoms with Crippen LogP contribution in [0.5, 0.6) is 0 Å². The minimum atomic E-state index is -0.207. The molecule has 3 rings (SSSR count). The topological polar surface area (TPSA) is 42.1 Å². The van der Waals surface area contributed by atoms with Crippen LogP contribution in [0.1, 0.15) is 36.1 Å². The van der Waals surface area contributed by atoms with Gasteiger partial charge >= 0.3 is 5.97 Å². The van der Waals surface area contributed by atoms with Gasteiger partial charge in [0.2, 0.25) is 0 Å². The number of carbonyl (C=O) groups is 1. The molecule has 1 aromatic carbocycles. The molecule has 2 aromatic rings. The summed E-state index contributed by atoms with van der Waals surface area (Å²) in [4.78, 5) is 14.6. The van der Waals surface area contributed by atoms with Gasteiger partial charge < -0.3 is 9.72 Å². The monoisotopic (exact) mass is 269 g/mol. The zero-order valence-electron chi connectivity index (χ0n) is 11.7. The highest BCUT2D eigenvalue weighted by Gasteiger charge is 2.14. The molecule has 1 aliphatic carbocycles. The number of H-pyrrole nitrogens is 1. The first-order valence-electron chi connectivity index (χ1n) is 7.15. The van der Waals surface area contributed by atoms with E-state index in [1.807, 2.05) is 12.2 Å². The number of hydrogen-bond acceptors (Lipinski definition) is 2. The average molecular weight is 269 g/mol. The molecule has 1 heterocycles. The van der Waals surface area contributed by atoms with Crippen molar-refractivity contribution in [3.05, 3.63) is 41.1 Å². The molecular formula is C17H19NO2. The molecule has 0 bridgehead atoms. The number of aromatic amines is 1. The number of hydrogen-bond donors (Lipinski definition) is 1. The van der Waals surface area contributed by atoms with Gasteiger partial charge in [-0.1, -0.05) is 18.2 Å². The summed E-state index contributed by atoms with van der Waals surface area (Å²) in [5.74, 6) is -0.207. The fourth-order valence-corrected chi connectivity index (χ4v) is 2.90. The molecule has 20 heavy (non-hydrogen) atoms. The standard InChI is InChI=1S/C17H19NO2/c1-20-17(19)8-4-5-12-9-10-16-14(11-12)13-6-2-3-7-15(13)18-16/h4-5,9-11,18H,2-3,6-8H2,1H3. The lowest BCUT2D eigenvalue weighted by Gasteiger charge is -2.10. The average Bonchev–Trinajstić information content (AvgIpc) is 2.85. The van der Waals surface area contributed by atoms with Gasteiger partial charge in [0.05, 0.1) is 13.5 Å². The molecule has 104 valence electrons. The normalized spacial score (nSPS) is 14.7. The van der Waals surface area contributed by atoms with Crippen LogP contribution in [0.15, 0.2) is 24.3 Å². The van der Waals surface area contributed by atoms with Crippen molar-refractivity contribution >= 4 is 22.9 Å². The van der Waals surface area contributed by atoms with Crippen LogP contribution in [0, 0.1) is 0 Å². The van der Waals surface area contributed by atoms with Gasteiger partial charge in [0, 0.05) is 16.6 Å². The number of esters is 1. The Bertz CT molecular complexity index is 667. The van der Waals surface area contributed by atoms with Crippen LogP contribution in [0.2, 0.25) is 0 Å². The Morgan fingerprint density at radius 3 is 3.05 bits per heavy atom. The molecule has 0 saturated carbocycles. The second-order valence-electron chi connectivity index (χ2n) is 5.28. The third-order valence-corrected chi connectivity index (χ3v) is 3.94. The molecule has 0 aliphatic heterocycles. The Balaban J connectivity index is 1.88. The minimum Gasteiger partial charge on any atom is -0.469 e. The van der Waals surface area contributed by atoms with Gasteiger partial charge in [-0.05, 0) is 48.9 Å². The van der Waals surface area contributed by atoms with Crippen molar-refractivity contribution in [1.29, 1.82) is 0 Å². The Labute approximate surface area is 118 Å². The lowest BCUT2D eigenvalue weighted by Crippen LogP contribution is -1.99. The van der Waals surface area contributed by atoms with Crippen molar-refractivity contribution in [2.45, 2.75) is 32.1 Å². The van der Waals surface area contributed by atoms with Crippen LogP contribution >= 0.6 is 0 Å². The van der Waals surface area contributed by atoms with Crippen molar-refractivity contribution in [2.24, 2.45) is 0 Å². The molecule has 3 heteroatoms. The summed E-state index contributed by atoms with van der Waals surface area (Å²) < 4.78 is 4.63. The predicted molar refractivity (Wildman–Crippen MR) is 80.6 cm³/mol. The number of aryl methyl sites for hydroxylation is 2. The van der Waals surface area contributed by atoms with Gasteiger partial charge in [0.1, 0.15) is 0 Å². The highest BCUT2D eigenvalue weighted by Crippen LogP contribution is 2.29. The molecule has 0 fully saturated rings. The number of fused-ring (bicyclic) bond motifs is 3. The summed E-state index contributed by atoms with van der Waals surface area (Å²) in [6.07, 6.45) is 9.06. The molecule has 0 unspecified atom stereocenters. The lowest BCUT2D eigenvalue weighted by atomic mass is 9.95. The van der Waals surface area contributed by atoms with E-state index < -0.39 is 0 Å². The first-order valence-corrected chi connectivity index (χ1v) is 7.15. The Morgan fingerprint density at radius 2 is 2.20 bits per heavy atom. The number of carbonyl (C=O) groups excluding carboxylic acids is 1. The van der Waals surface area contributed by atoms with Gasteiger partial charge in [-0.25, -0.2) is 0 Å².